The van der Waals surface area contributed by atoms with Crippen LogP contribution in [0, 0.1) is 6.92 Å². The summed E-state index contributed by atoms with van der Waals surface area (Å²) in [6, 6.07) is 0.00847. The van der Waals surface area contributed by atoms with Crippen LogP contribution in [0.5, 0.6) is 0 Å². The van der Waals surface area contributed by atoms with Crippen LogP contribution in [0.2, 0.25) is 5.15 Å². The Bertz CT molecular complexity index is 367. The minimum atomic E-state index is 0.00847. The van der Waals surface area contributed by atoms with Gasteiger partial charge in [-0.05, 0) is 19.8 Å². The first-order valence-corrected chi connectivity index (χ1v) is 6.40. The molecule has 0 amide bonds. The lowest BCUT2D eigenvalue weighted by atomic mass is 10.2. The molecule has 0 saturated carbocycles. The van der Waals surface area contributed by atoms with Crippen molar-refractivity contribution in [3.63, 3.8) is 0 Å². The lowest BCUT2D eigenvalue weighted by molar-refractivity contribution is 0.271. The number of hydrogen-bond donors (Lipinski definition) is 2. The fraction of sp³-hybridized carbons (Fsp3) is 0.667. The predicted octanol–water partition coefficient (Wildman–Crippen LogP) is 2.57. The van der Waals surface area contributed by atoms with Crippen molar-refractivity contribution in [1.29, 1.82) is 0 Å². The molecule has 0 spiro atoms. The number of nitrogens with one attached hydrogen (secondary N) is 1. The van der Waals surface area contributed by atoms with E-state index >= 15 is 0 Å². The molecule has 0 aromatic carbocycles. The molecule has 0 aliphatic rings. The van der Waals surface area contributed by atoms with Gasteiger partial charge in [-0.15, -0.1) is 0 Å². The van der Waals surface area contributed by atoms with Crippen LogP contribution in [0.4, 0.5) is 5.82 Å². The molecular weight excluding hydrogens is 238 g/mol. The van der Waals surface area contributed by atoms with E-state index in [0.29, 0.717) is 5.15 Å². The topological polar surface area (TPSA) is 58.0 Å². The number of hydrogen-bond acceptors (Lipinski definition) is 4. The normalized spacial score (nSPS) is 12.5. The molecule has 17 heavy (non-hydrogen) atoms. The number of anilines is 1. The molecule has 1 unspecified atom stereocenters. The van der Waals surface area contributed by atoms with Gasteiger partial charge in [0.05, 0.1) is 12.6 Å². The van der Waals surface area contributed by atoms with Gasteiger partial charge in [0.25, 0.3) is 0 Å². The Hall–Kier alpha value is -0.870. The monoisotopic (exact) mass is 257 g/mol. The van der Waals surface area contributed by atoms with Crippen molar-refractivity contribution in [2.45, 2.75) is 46.1 Å². The highest BCUT2D eigenvalue weighted by Gasteiger charge is 2.12. The van der Waals surface area contributed by atoms with Gasteiger partial charge in [-0.25, -0.2) is 9.97 Å². The number of aryl methyl sites for hydroxylation is 1. The third-order valence-corrected chi connectivity index (χ3v) is 3.03. The summed E-state index contributed by atoms with van der Waals surface area (Å²) in [5.41, 5.74) is 0.832. The maximum atomic E-state index is 9.18. The van der Waals surface area contributed by atoms with E-state index in [0.717, 1.165) is 36.5 Å². The molecule has 0 aliphatic heterocycles. The van der Waals surface area contributed by atoms with Gasteiger partial charge < -0.3 is 10.4 Å². The first kappa shape index (κ1) is 14.2. The first-order chi connectivity index (χ1) is 8.12. The van der Waals surface area contributed by atoms with E-state index in [1.165, 1.54) is 0 Å². The fourth-order valence-electron chi connectivity index (χ4n) is 1.48. The van der Waals surface area contributed by atoms with Crippen LogP contribution < -0.4 is 5.32 Å². The van der Waals surface area contributed by atoms with Gasteiger partial charge in [-0.3, -0.25) is 0 Å². The molecule has 1 heterocycles. The molecule has 1 rings (SSSR count). The van der Waals surface area contributed by atoms with E-state index < -0.39 is 0 Å². The lowest BCUT2D eigenvalue weighted by Gasteiger charge is -2.17. The van der Waals surface area contributed by atoms with Crippen LogP contribution >= 0.6 is 11.6 Å². The number of aliphatic hydroxyl groups excluding tert-OH is 1. The van der Waals surface area contributed by atoms with Crippen LogP contribution in [0.1, 0.15) is 38.1 Å². The van der Waals surface area contributed by atoms with Gasteiger partial charge in [0.15, 0.2) is 0 Å². The maximum Gasteiger partial charge on any atom is 0.137 e. The van der Waals surface area contributed by atoms with E-state index in [-0.39, 0.29) is 12.6 Å². The third-order valence-electron chi connectivity index (χ3n) is 2.66. The highest BCUT2D eigenvalue weighted by atomic mass is 35.5. The average Bonchev–Trinajstić information content (AvgIpc) is 2.32. The van der Waals surface area contributed by atoms with Gasteiger partial charge in [0.1, 0.15) is 16.8 Å². The van der Waals surface area contributed by atoms with E-state index in [4.69, 9.17) is 11.6 Å². The molecule has 1 atom stereocenters. The second-order valence-electron chi connectivity index (χ2n) is 4.09. The highest BCUT2D eigenvalue weighted by Crippen LogP contribution is 2.21. The molecule has 5 heteroatoms. The summed E-state index contributed by atoms with van der Waals surface area (Å²) in [6.07, 6.45) is 2.63. The summed E-state index contributed by atoms with van der Waals surface area (Å²) < 4.78 is 0. The van der Waals surface area contributed by atoms with Crippen LogP contribution in [-0.4, -0.2) is 27.7 Å². The second-order valence-corrected chi connectivity index (χ2v) is 4.44. The van der Waals surface area contributed by atoms with Crippen molar-refractivity contribution in [2.75, 3.05) is 11.9 Å². The van der Waals surface area contributed by atoms with E-state index in [2.05, 4.69) is 22.2 Å². The zero-order chi connectivity index (χ0) is 12.8. The number of rotatable bonds is 6. The SMILES string of the molecule is CCCc1nc(Cl)c(C)c(NC(CC)CO)n1. The quantitative estimate of drug-likeness (QED) is 0.769. The van der Waals surface area contributed by atoms with Gasteiger partial charge in [-0.2, -0.15) is 0 Å². The van der Waals surface area contributed by atoms with Crippen LogP contribution in [0.3, 0.4) is 0 Å². The second kappa shape index (κ2) is 6.77. The van der Waals surface area contributed by atoms with Gasteiger partial charge in [-0.1, -0.05) is 25.4 Å². The molecular formula is C12H20ClN3O. The van der Waals surface area contributed by atoms with Gasteiger partial charge >= 0.3 is 0 Å². The minimum absolute atomic E-state index is 0.00847. The minimum Gasteiger partial charge on any atom is -0.394 e. The summed E-state index contributed by atoms with van der Waals surface area (Å²) in [5, 5.41) is 12.9. The van der Waals surface area contributed by atoms with Gasteiger partial charge in [0, 0.05) is 12.0 Å². The highest BCUT2D eigenvalue weighted by molar-refractivity contribution is 6.30. The molecule has 1 aromatic rings. The first-order valence-electron chi connectivity index (χ1n) is 6.02. The van der Waals surface area contributed by atoms with Gasteiger partial charge in [0.2, 0.25) is 0 Å². The lowest BCUT2D eigenvalue weighted by Crippen LogP contribution is -2.24. The Kier molecular flexibility index (Phi) is 5.65. The van der Waals surface area contributed by atoms with Crippen molar-refractivity contribution in [3.8, 4) is 0 Å². The van der Waals surface area contributed by atoms with Crippen molar-refractivity contribution < 1.29 is 5.11 Å². The third kappa shape index (κ3) is 3.82. The zero-order valence-corrected chi connectivity index (χ0v) is 11.4. The summed E-state index contributed by atoms with van der Waals surface area (Å²) in [6.45, 7) is 6.05. The summed E-state index contributed by atoms with van der Waals surface area (Å²) in [5.74, 6) is 1.48. The number of nitrogens with zero attached hydrogens (tertiary/aromatic N) is 2. The van der Waals surface area contributed by atoms with E-state index in [9.17, 15) is 5.11 Å². The Labute approximate surface area is 107 Å². The largest absolute Gasteiger partial charge is 0.394 e. The maximum absolute atomic E-state index is 9.18. The Balaban J connectivity index is 2.96. The number of aliphatic hydroxyl groups is 1. The zero-order valence-electron chi connectivity index (χ0n) is 10.6. The summed E-state index contributed by atoms with van der Waals surface area (Å²) in [4.78, 5) is 8.67. The molecule has 0 saturated heterocycles. The molecule has 1 aromatic heterocycles. The van der Waals surface area contributed by atoms with Crippen LogP contribution in [0.25, 0.3) is 0 Å². The Morgan fingerprint density at radius 1 is 1.35 bits per heavy atom. The predicted molar refractivity (Wildman–Crippen MR) is 70.6 cm³/mol. The smallest absolute Gasteiger partial charge is 0.137 e. The van der Waals surface area contributed by atoms with Crippen molar-refractivity contribution >= 4 is 17.4 Å². The molecule has 0 aliphatic carbocycles. The Morgan fingerprint density at radius 2 is 2.06 bits per heavy atom. The van der Waals surface area contributed by atoms with Crippen LogP contribution in [-0.2, 0) is 6.42 Å². The number of halogens is 1. The number of aromatic nitrogens is 2. The molecule has 4 nitrogen and oxygen atoms in total. The molecule has 2 N–H and O–H groups in total. The fourth-order valence-corrected chi connectivity index (χ4v) is 1.67. The van der Waals surface area contributed by atoms with Crippen molar-refractivity contribution in [2.24, 2.45) is 0 Å². The summed E-state index contributed by atoms with van der Waals surface area (Å²) >= 11 is 6.07. The average molecular weight is 258 g/mol. The standard InChI is InChI=1S/C12H20ClN3O/c1-4-6-10-15-11(13)8(3)12(16-10)14-9(5-2)7-17/h9,17H,4-7H2,1-3H3,(H,14,15,16). The molecule has 96 valence electrons. The molecule has 0 fully saturated rings. The van der Waals surface area contributed by atoms with Crippen molar-refractivity contribution in [1.82, 2.24) is 9.97 Å². The molecule has 0 bridgehead atoms. The van der Waals surface area contributed by atoms with E-state index in [1.54, 1.807) is 0 Å². The molecule has 0 radical (unpaired) electrons. The van der Waals surface area contributed by atoms with Crippen LogP contribution in [0.15, 0.2) is 0 Å². The van der Waals surface area contributed by atoms with Crippen molar-refractivity contribution in [3.05, 3.63) is 16.5 Å². The van der Waals surface area contributed by atoms with E-state index in [1.807, 2.05) is 13.8 Å². The Morgan fingerprint density at radius 3 is 2.59 bits per heavy atom. The summed E-state index contributed by atoms with van der Waals surface area (Å²) in [7, 11) is 0.